The summed E-state index contributed by atoms with van der Waals surface area (Å²) in [6.45, 7) is 7.62. The predicted octanol–water partition coefficient (Wildman–Crippen LogP) is 4.12. The van der Waals surface area contributed by atoms with Gasteiger partial charge in [-0.1, -0.05) is 56.2 Å². The minimum Gasteiger partial charge on any atom is -0.355 e. The normalized spacial score (nSPS) is 12.5. The van der Waals surface area contributed by atoms with Crippen molar-refractivity contribution < 1.29 is 14.4 Å². The Morgan fingerprint density at radius 1 is 1.00 bits per heavy atom. The maximum Gasteiger partial charge on any atom is 0.256 e. The molecular formula is C27H37ClN4O3. The van der Waals surface area contributed by atoms with E-state index < -0.39 is 0 Å². The third kappa shape index (κ3) is 7.54. The number of rotatable bonds is 11. The summed E-state index contributed by atoms with van der Waals surface area (Å²) in [7, 11) is 1.77. The molecule has 0 unspecified atom stereocenters. The van der Waals surface area contributed by atoms with Gasteiger partial charge in [0, 0.05) is 37.9 Å². The van der Waals surface area contributed by atoms with Crippen LogP contribution in [0.3, 0.4) is 0 Å². The number of hydrogen-bond donors (Lipinski definition) is 1. The Morgan fingerprint density at radius 2 is 1.66 bits per heavy atom. The Morgan fingerprint density at radius 3 is 2.26 bits per heavy atom. The van der Waals surface area contributed by atoms with E-state index in [1.807, 2.05) is 30.1 Å². The van der Waals surface area contributed by atoms with Gasteiger partial charge in [-0.15, -0.1) is 12.4 Å². The number of halogens is 1. The van der Waals surface area contributed by atoms with Crippen molar-refractivity contribution in [1.29, 1.82) is 0 Å². The van der Waals surface area contributed by atoms with E-state index in [4.69, 9.17) is 0 Å². The standard InChI is InChI=1S/C27H36N4O3.ClH/c1-5-6-9-14-28-26(33)18-30(25-15-22(21(3)32)13-12-20(25)2)19-27(34)29(4)31-16-23-10-7-8-11-24(23)17-31;/h7-8,10-13,15H,5-6,9,14,16-19H2,1-4H3,(H,28,33);1H. The number of fused-ring (bicyclic) bond motifs is 1. The first-order chi connectivity index (χ1) is 16.3. The first-order valence-electron chi connectivity index (χ1n) is 12.0. The summed E-state index contributed by atoms with van der Waals surface area (Å²) in [5, 5.41) is 6.62. The average molecular weight is 501 g/mol. The Kier molecular flexibility index (Phi) is 10.7. The van der Waals surface area contributed by atoms with Gasteiger partial charge in [-0.25, -0.2) is 5.01 Å². The smallest absolute Gasteiger partial charge is 0.256 e. The van der Waals surface area contributed by atoms with Crippen molar-refractivity contribution in [1.82, 2.24) is 15.3 Å². The minimum absolute atomic E-state index is 0. The lowest BCUT2D eigenvalue weighted by molar-refractivity contribution is -0.145. The number of hydrogen-bond acceptors (Lipinski definition) is 5. The van der Waals surface area contributed by atoms with E-state index in [9.17, 15) is 14.4 Å². The molecule has 7 nitrogen and oxygen atoms in total. The third-order valence-corrected chi connectivity index (χ3v) is 6.33. The number of Topliss-reactive ketones (excluding diaryl/α,β-unsaturated/α-hetero) is 1. The number of aryl methyl sites for hydroxylation is 1. The fourth-order valence-corrected chi connectivity index (χ4v) is 4.18. The van der Waals surface area contributed by atoms with Gasteiger partial charge in [-0.3, -0.25) is 19.4 Å². The number of ketones is 1. The second-order valence-electron chi connectivity index (χ2n) is 8.98. The Bertz CT molecular complexity index is 1020. The number of hydrazine groups is 1. The van der Waals surface area contributed by atoms with Gasteiger partial charge in [0.05, 0.1) is 13.1 Å². The van der Waals surface area contributed by atoms with Gasteiger partial charge in [-0.2, -0.15) is 0 Å². The summed E-state index contributed by atoms with van der Waals surface area (Å²) < 4.78 is 0. The zero-order valence-corrected chi connectivity index (χ0v) is 22.0. The zero-order valence-electron chi connectivity index (χ0n) is 21.2. The van der Waals surface area contributed by atoms with Crippen LogP contribution in [-0.4, -0.2) is 54.3 Å². The molecule has 0 spiro atoms. The number of nitrogens with zero attached hydrogens (tertiary/aromatic N) is 3. The maximum atomic E-state index is 13.3. The van der Waals surface area contributed by atoms with Crippen LogP contribution in [0.2, 0.25) is 0 Å². The van der Waals surface area contributed by atoms with Crippen LogP contribution in [0, 0.1) is 6.92 Å². The van der Waals surface area contributed by atoms with Crippen LogP contribution < -0.4 is 10.2 Å². The zero-order chi connectivity index (χ0) is 24.7. The van der Waals surface area contributed by atoms with E-state index in [-0.39, 0.29) is 43.1 Å². The summed E-state index contributed by atoms with van der Waals surface area (Å²) in [6.07, 6.45) is 3.07. The molecule has 0 aromatic heterocycles. The van der Waals surface area contributed by atoms with Gasteiger partial charge in [0.2, 0.25) is 5.91 Å². The van der Waals surface area contributed by atoms with Crippen molar-refractivity contribution in [2.45, 2.75) is 53.1 Å². The summed E-state index contributed by atoms with van der Waals surface area (Å²) in [5.74, 6) is -0.296. The molecule has 1 heterocycles. The largest absolute Gasteiger partial charge is 0.355 e. The van der Waals surface area contributed by atoms with Gasteiger partial charge >= 0.3 is 0 Å². The van der Waals surface area contributed by atoms with E-state index in [0.29, 0.717) is 25.2 Å². The second-order valence-corrected chi connectivity index (χ2v) is 8.98. The van der Waals surface area contributed by atoms with E-state index in [0.717, 1.165) is 30.5 Å². The first-order valence-corrected chi connectivity index (χ1v) is 12.0. The highest BCUT2D eigenvalue weighted by Gasteiger charge is 2.27. The molecule has 3 rings (SSSR count). The number of nitrogens with one attached hydrogen (secondary N) is 1. The summed E-state index contributed by atoms with van der Waals surface area (Å²) in [6, 6.07) is 13.6. The number of unbranched alkanes of at least 4 members (excludes halogenated alkanes) is 2. The predicted molar refractivity (Wildman–Crippen MR) is 142 cm³/mol. The number of anilines is 1. The van der Waals surface area contributed by atoms with Gasteiger partial charge in [-0.05, 0) is 43.0 Å². The van der Waals surface area contributed by atoms with E-state index in [2.05, 4.69) is 24.4 Å². The fourth-order valence-electron chi connectivity index (χ4n) is 4.18. The highest BCUT2D eigenvalue weighted by atomic mass is 35.5. The number of carbonyl (C=O) groups is 3. The van der Waals surface area contributed by atoms with Gasteiger partial charge in [0.15, 0.2) is 5.78 Å². The molecule has 8 heteroatoms. The monoisotopic (exact) mass is 500 g/mol. The highest BCUT2D eigenvalue weighted by molar-refractivity contribution is 5.96. The molecule has 0 aliphatic carbocycles. The molecule has 0 saturated heterocycles. The van der Waals surface area contributed by atoms with Crippen LogP contribution in [0.4, 0.5) is 5.69 Å². The first kappa shape index (κ1) is 28.3. The van der Waals surface area contributed by atoms with Crippen LogP contribution in [0.25, 0.3) is 0 Å². The van der Waals surface area contributed by atoms with E-state index >= 15 is 0 Å². The molecule has 190 valence electrons. The topological polar surface area (TPSA) is 73.0 Å². The molecule has 2 aromatic rings. The Hall–Kier alpha value is -2.90. The summed E-state index contributed by atoms with van der Waals surface area (Å²) in [4.78, 5) is 39.8. The summed E-state index contributed by atoms with van der Waals surface area (Å²) in [5.41, 5.74) is 4.63. The molecular weight excluding hydrogens is 464 g/mol. The third-order valence-electron chi connectivity index (χ3n) is 6.33. The number of likely N-dealkylation sites (N-methyl/N-ethyl adjacent to an activating group) is 1. The molecule has 2 aromatic carbocycles. The lowest BCUT2D eigenvalue weighted by atomic mass is 10.1. The van der Waals surface area contributed by atoms with Crippen molar-refractivity contribution in [2.75, 3.05) is 31.6 Å². The lowest BCUT2D eigenvalue weighted by Gasteiger charge is -2.32. The molecule has 0 radical (unpaired) electrons. The molecule has 0 fully saturated rings. The van der Waals surface area contributed by atoms with Crippen LogP contribution in [0.5, 0.6) is 0 Å². The quantitative estimate of drug-likeness (QED) is 0.371. The Labute approximate surface area is 214 Å². The van der Waals surface area contributed by atoms with Gasteiger partial charge in [0.1, 0.15) is 0 Å². The molecule has 35 heavy (non-hydrogen) atoms. The SMILES string of the molecule is CCCCCNC(=O)CN(CC(=O)N(C)N1Cc2ccccc2C1)c1cc(C(C)=O)ccc1C.Cl. The van der Waals surface area contributed by atoms with E-state index in [1.165, 1.54) is 18.1 Å². The van der Waals surface area contributed by atoms with Crippen LogP contribution in [0.1, 0.15) is 60.2 Å². The molecule has 1 N–H and O–H groups in total. The molecule has 0 saturated carbocycles. The van der Waals surface area contributed by atoms with Gasteiger partial charge < -0.3 is 10.2 Å². The van der Waals surface area contributed by atoms with Crippen molar-refractivity contribution in [2.24, 2.45) is 0 Å². The van der Waals surface area contributed by atoms with Crippen LogP contribution in [0.15, 0.2) is 42.5 Å². The van der Waals surface area contributed by atoms with E-state index in [1.54, 1.807) is 29.1 Å². The summed E-state index contributed by atoms with van der Waals surface area (Å²) >= 11 is 0. The average Bonchev–Trinajstić information content (AvgIpc) is 3.25. The number of carbonyl (C=O) groups excluding carboxylic acids is 3. The van der Waals surface area contributed by atoms with Crippen molar-refractivity contribution in [3.8, 4) is 0 Å². The van der Waals surface area contributed by atoms with Crippen molar-refractivity contribution in [3.05, 3.63) is 64.7 Å². The number of benzene rings is 2. The molecule has 1 aliphatic heterocycles. The van der Waals surface area contributed by atoms with Gasteiger partial charge in [0.25, 0.3) is 5.91 Å². The number of amides is 2. The molecule has 0 bridgehead atoms. The maximum absolute atomic E-state index is 13.3. The van der Waals surface area contributed by atoms with Crippen LogP contribution in [-0.2, 0) is 22.7 Å². The Balaban J connectivity index is 0.00000432. The molecule has 2 amide bonds. The lowest BCUT2D eigenvalue weighted by Crippen LogP contribution is -2.48. The fraction of sp³-hybridized carbons (Fsp3) is 0.444. The van der Waals surface area contributed by atoms with Crippen molar-refractivity contribution >= 4 is 35.7 Å². The highest BCUT2D eigenvalue weighted by Crippen LogP contribution is 2.25. The molecule has 0 atom stereocenters. The van der Waals surface area contributed by atoms with Crippen molar-refractivity contribution in [3.63, 3.8) is 0 Å². The minimum atomic E-state index is -0.132. The molecule has 1 aliphatic rings. The second kappa shape index (κ2) is 13.3. The van der Waals surface area contributed by atoms with Crippen LogP contribution >= 0.6 is 12.4 Å².